The van der Waals surface area contributed by atoms with Crippen molar-refractivity contribution in [1.82, 2.24) is 0 Å². The lowest BCUT2D eigenvalue weighted by Gasteiger charge is -2.02. The molecule has 0 bridgehead atoms. The molecule has 0 amide bonds. The Morgan fingerprint density at radius 1 is 1.29 bits per heavy atom. The van der Waals surface area contributed by atoms with Gasteiger partial charge >= 0.3 is 0 Å². The Balaban J connectivity index is 2.70. The van der Waals surface area contributed by atoms with E-state index in [-0.39, 0.29) is 11.3 Å². The minimum absolute atomic E-state index is 0.317. The first-order chi connectivity index (χ1) is 6.58. The number of hydrogen-bond donors (Lipinski definition) is 1. The van der Waals surface area contributed by atoms with Crippen molar-refractivity contribution in [2.24, 2.45) is 0 Å². The van der Waals surface area contributed by atoms with E-state index in [4.69, 9.17) is 0 Å². The molecule has 1 nitrogen and oxygen atoms in total. The average molecular weight is 279 g/mol. The van der Waals surface area contributed by atoms with Gasteiger partial charge in [-0.2, -0.15) is 0 Å². The fraction of sp³-hybridized carbons (Fsp3) is 0.111. The maximum atomic E-state index is 12.4. The minimum atomic E-state index is -2.64. The Bertz CT molecular complexity index is 481. The van der Waals surface area contributed by atoms with E-state index < -0.39 is 6.43 Å². The summed E-state index contributed by atoms with van der Waals surface area (Å²) in [5.74, 6) is -0.346. The third-order valence-electron chi connectivity index (χ3n) is 1.87. The van der Waals surface area contributed by atoms with Gasteiger partial charge in [0.1, 0.15) is 5.75 Å². The molecule has 0 atom stereocenters. The lowest BCUT2D eigenvalue weighted by atomic mass is 10.1. The summed E-state index contributed by atoms with van der Waals surface area (Å²) in [6, 6.07) is 4.44. The zero-order valence-corrected chi connectivity index (χ0v) is 9.20. The number of benzene rings is 1. The molecule has 1 N–H and O–H groups in total. The normalized spacial score (nSPS) is 11.4. The lowest BCUT2D eigenvalue weighted by molar-refractivity contribution is 0.147. The monoisotopic (exact) mass is 278 g/mol. The van der Waals surface area contributed by atoms with Gasteiger partial charge in [0.15, 0.2) is 0 Å². The summed E-state index contributed by atoms with van der Waals surface area (Å²) in [5.41, 5.74) is -0.317. The molecule has 0 saturated carbocycles. The molecule has 0 aliphatic carbocycles. The Morgan fingerprint density at radius 3 is 2.64 bits per heavy atom. The van der Waals surface area contributed by atoms with Crippen LogP contribution in [0.3, 0.4) is 0 Å². The number of phenolic OH excluding ortho intramolecular Hbond substituents is 1. The first-order valence-corrected chi connectivity index (χ1v) is 5.39. The molecule has 0 radical (unpaired) electrons. The molecular formula is C9H5BrF2OS. The molecule has 5 heteroatoms. The van der Waals surface area contributed by atoms with Crippen molar-refractivity contribution in [3.8, 4) is 5.75 Å². The van der Waals surface area contributed by atoms with Gasteiger partial charge in [-0.15, -0.1) is 11.3 Å². The third kappa shape index (κ3) is 1.62. The van der Waals surface area contributed by atoms with Gasteiger partial charge in [-0.05, 0) is 39.5 Å². The second-order valence-corrected chi connectivity index (χ2v) is 5.26. The highest BCUT2D eigenvalue weighted by Gasteiger charge is 2.14. The maximum Gasteiger partial charge on any atom is 0.267 e. The maximum absolute atomic E-state index is 12.4. The largest absolute Gasteiger partial charge is 0.507 e. The minimum Gasteiger partial charge on any atom is -0.507 e. The van der Waals surface area contributed by atoms with Crippen molar-refractivity contribution in [3.63, 3.8) is 0 Å². The summed E-state index contributed by atoms with van der Waals surface area (Å²) in [7, 11) is 0. The molecule has 14 heavy (non-hydrogen) atoms. The van der Waals surface area contributed by atoms with Crippen LogP contribution in [-0.2, 0) is 0 Å². The molecule has 0 saturated heterocycles. The van der Waals surface area contributed by atoms with Crippen molar-refractivity contribution in [2.45, 2.75) is 6.43 Å². The van der Waals surface area contributed by atoms with E-state index in [2.05, 4.69) is 15.9 Å². The molecule has 74 valence electrons. The van der Waals surface area contributed by atoms with Gasteiger partial charge in [0, 0.05) is 4.70 Å². The molecule has 0 aliphatic heterocycles. The quantitative estimate of drug-likeness (QED) is 0.824. The van der Waals surface area contributed by atoms with Gasteiger partial charge in [0.25, 0.3) is 6.43 Å². The highest BCUT2D eigenvalue weighted by molar-refractivity contribution is 9.11. The van der Waals surface area contributed by atoms with Gasteiger partial charge in [-0.1, -0.05) is 0 Å². The van der Waals surface area contributed by atoms with Gasteiger partial charge < -0.3 is 5.11 Å². The summed E-state index contributed by atoms with van der Waals surface area (Å²) >= 11 is 4.66. The number of hydrogen-bond acceptors (Lipinski definition) is 2. The van der Waals surface area contributed by atoms with Crippen LogP contribution in [0, 0.1) is 0 Å². The molecule has 1 aromatic heterocycles. The molecule has 1 aromatic carbocycles. The van der Waals surface area contributed by atoms with E-state index in [9.17, 15) is 13.9 Å². The number of phenols is 1. The molecule has 0 fully saturated rings. The van der Waals surface area contributed by atoms with Crippen LogP contribution in [0.4, 0.5) is 8.78 Å². The second-order valence-electron chi connectivity index (χ2n) is 2.80. The van der Waals surface area contributed by atoms with Crippen LogP contribution >= 0.6 is 27.3 Å². The van der Waals surface area contributed by atoms with E-state index in [1.54, 1.807) is 6.07 Å². The van der Waals surface area contributed by atoms with Crippen LogP contribution in [0.15, 0.2) is 22.0 Å². The van der Waals surface area contributed by atoms with E-state index in [0.29, 0.717) is 0 Å². The Hall–Kier alpha value is -0.680. The van der Waals surface area contributed by atoms with E-state index in [0.717, 1.165) is 13.9 Å². The Morgan fingerprint density at radius 2 is 2.00 bits per heavy atom. The first-order valence-electron chi connectivity index (χ1n) is 3.78. The van der Waals surface area contributed by atoms with Crippen LogP contribution < -0.4 is 0 Å². The topological polar surface area (TPSA) is 20.2 Å². The van der Waals surface area contributed by atoms with Crippen molar-refractivity contribution in [2.75, 3.05) is 0 Å². The van der Waals surface area contributed by atoms with Crippen molar-refractivity contribution >= 4 is 37.4 Å². The SMILES string of the molecule is Oc1cc2sc(Br)cc2cc1C(F)F. The van der Waals surface area contributed by atoms with Crippen molar-refractivity contribution < 1.29 is 13.9 Å². The number of fused-ring (bicyclic) bond motifs is 1. The highest BCUT2D eigenvalue weighted by atomic mass is 79.9. The number of rotatable bonds is 1. The Kier molecular flexibility index (Phi) is 2.45. The van der Waals surface area contributed by atoms with Gasteiger partial charge in [-0.3, -0.25) is 0 Å². The third-order valence-corrected chi connectivity index (χ3v) is 3.47. The molecule has 2 rings (SSSR count). The number of alkyl halides is 2. The standard InChI is InChI=1S/C9H5BrF2OS/c10-8-2-4-1-5(9(11)12)6(13)3-7(4)14-8/h1-3,9,13H. The zero-order chi connectivity index (χ0) is 10.3. The average Bonchev–Trinajstić information content (AvgIpc) is 2.42. The second kappa shape index (κ2) is 3.47. The summed E-state index contributed by atoms with van der Waals surface area (Å²) in [6.07, 6.45) is -2.64. The van der Waals surface area contributed by atoms with E-state index in [1.807, 2.05) is 0 Å². The van der Waals surface area contributed by atoms with Crippen LogP contribution in [0.1, 0.15) is 12.0 Å². The van der Waals surface area contributed by atoms with E-state index >= 15 is 0 Å². The molecule has 1 heterocycles. The number of halogens is 3. The molecule has 2 aromatic rings. The number of thiophene rings is 1. The molecule has 0 aliphatic rings. The predicted molar refractivity (Wildman–Crippen MR) is 56.1 cm³/mol. The molecular weight excluding hydrogens is 274 g/mol. The highest BCUT2D eigenvalue weighted by Crippen LogP contribution is 2.37. The van der Waals surface area contributed by atoms with Crippen LogP contribution in [0.2, 0.25) is 0 Å². The van der Waals surface area contributed by atoms with Crippen molar-refractivity contribution in [3.05, 3.63) is 27.5 Å². The van der Waals surface area contributed by atoms with Crippen LogP contribution in [0.25, 0.3) is 10.1 Å². The molecule has 0 spiro atoms. The van der Waals surface area contributed by atoms with Gasteiger partial charge in [0.2, 0.25) is 0 Å². The summed E-state index contributed by atoms with van der Waals surface area (Å²) < 4.78 is 26.4. The number of aromatic hydroxyl groups is 1. The fourth-order valence-electron chi connectivity index (χ4n) is 1.24. The smallest absolute Gasteiger partial charge is 0.267 e. The summed E-state index contributed by atoms with van der Waals surface area (Å²) in [5, 5.41) is 10.0. The van der Waals surface area contributed by atoms with E-state index in [1.165, 1.54) is 23.5 Å². The van der Waals surface area contributed by atoms with Crippen molar-refractivity contribution in [1.29, 1.82) is 0 Å². The van der Waals surface area contributed by atoms with Crippen LogP contribution in [0.5, 0.6) is 5.75 Å². The van der Waals surface area contributed by atoms with Gasteiger partial charge in [-0.25, -0.2) is 8.78 Å². The summed E-state index contributed by atoms with van der Waals surface area (Å²) in [6.45, 7) is 0. The lowest BCUT2D eigenvalue weighted by Crippen LogP contribution is -1.83. The summed E-state index contributed by atoms with van der Waals surface area (Å²) in [4.78, 5) is 0. The zero-order valence-electron chi connectivity index (χ0n) is 6.80. The van der Waals surface area contributed by atoms with Gasteiger partial charge in [0.05, 0.1) is 9.35 Å². The first kappa shape index (κ1) is 9.86. The molecule has 0 unspecified atom stereocenters. The fourth-order valence-corrected chi connectivity index (χ4v) is 2.81. The van der Waals surface area contributed by atoms with Crippen LogP contribution in [-0.4, -0.2) is 5.11 Å². The predicted octanol–water partition coefficient (Wildman–Crippen LogP) is 4.31. The Labute approximate surface area is 91.1 Å².